The summed E-state index contributed by atoms with van der Waals surface area (Å²) >= 11 is 0. The Morgan fingerprint density at radius 3 is 2.52 bits per heavy atom. The lowest BCUT2D eigenvalue weighted by Crippen LogP contribution is -2.54. The molecule has 2 heterocycles. The molecule has 1 aromatic carbocycles. The number of aliphatic imine (C=N–C) groups is 1. The van der Waals surface area contributed by atoms with Crippen molar-refractivity contribution in [3.05, 3.63) is 60.1 Å². The number of amides is 1. The number of nitrogens with zero attached hydrogens (tertiary/aromatic N) is 3. The van der Waals surface area contributed by atoms with Crippen molar-refractivity contribution in [3.63, 3.8) is 0 Å². The van der Waals surface area contributed by atoms with E-state index in [0.717, 1.165) is 63.7 Å². The van der Waals surface area contributed by atoms with Gasteiger partial charge >= 0.3 is 0 Å². The maximum atomic E-state index is 12.1. The summed E-state index contributed by atoms with van der Waals surface area (Å²) in [4.78, 5) is 21.5. The van der Waals surface area contributed by atoms with Gasteiger partial charge in [-0.05, 0) is 30.5 Å². The minimum atomic E-state index is 0. The molecule has 4 rings (SSSR count). The van der Waals surface area contributed by atoms with E-state index in [1.165, 1.54) is 5.56 Å². The zero-order valence-corrected chi connectivity index (χ0v) is 20.2. The van der Waals surface area contributed by atoms with Crippen LogP contribution in [0.25, 0.3) is 0 Å². The Bertz CT molecular complexity index is 816. The van der Waals surface area contributed by atoms with E-state index in [9.17, 15) is 4.79 Å². The van der Waals surface area contributed by atoms with Crippen molar-refractivity contribution in [3.8, 4) is 0 Å². The first kappa shape index (κ1) is 23.6. The lowest BCUT2D eigenvalue weighted by atomic mass is 10.2. The molecular formula is C23H32IN5O2. The van der Waals surface area contributed by atoms with Gasteiger partial charge in [0.25, 0.3) is 0 Å². The fourth-order valence-corrected chi connectivity index (χ4v) is 3.59. The monoisotopic (exact) mass is 537 g/mol. The van der Waals surface area contributed by atoms with Crippen LogP contribution in [0.15, 0.2) is 58.1 Å². The van der Waals surface area contributed by atoms with Crippen LogP contribution in [0.5, 0.6) is 0 Å². The Hall–Kier alpha value is -2.07. The standard InChI is InChI=1S/C23H31N5O2.HI/c29-22(26-20-8-9-20)18-27-12-14-28(15-13-27)23(24-11-10-21-7-4-16-30-21)25-17-19-5-2-1-3-6-19;/h1-7,16,20H,8-15,17-18H2,(H,24,25)(H,26,29);1H. The molecule has 2 N–H and O–H groups in total. The molecular weight excluding hydrogens is 505 g/mol. The van der Waals surface area contributed by atoms with Crippen LogP contribution in [0, 0.1) is 0 Å². The molecule has 1 saturated heterocycles. The number of carbonyl (C=O) groups excluding carboxylic acids is 1. The molecule has 0 bridgehead atoms. The van der Waals surface area contributed by atoms with Crippen LogP contribution in [0.2, 0.25) is 0 Å². The molecule has 8 heteroatoms. The number of halogens is 1. The summed E-state index contributed by atoms with van der Waals surface area (Å²) in [5, 5.41) is 6.58. The molecule has 0 radical (unpaired) electrons. The quantitative estimate of drug-likeness (QED) is 0.308. The predicted molar refractivity (Wildman–Crippen MR) is 133 cm³/mol. The normalized spacial score (nSPS) is 17.2. The Balaban J connectivity index is 0.00000272. The van der Waals surface area contributed by atoms with Crippen LogP contribution in [0.3, 0.4) is 0 Å². The third-order valence-electron chi connectivity index (χ3n) is 5.47. The van der Waals surface area contributed by atoms with Gasteiger partial charge in [0.05, 0.1) is 19.4 Å². The molecule has 2 fully saturated rings. The van der Waals surface area contributed by atoms with Crippen molar-refractivity contribution in [2.45, 2.75) is 31.8 Å². The van der Waals surface area contributed by atoms with Crippen LogP contribution in [0.1, 0.15) is 24.2 Å². The Labute approximate surface area is 201 Å². The number of benzene rings is 1. The number of piperazine rings is 1. The molecule has 2 aliphatic rings. The molecule has 1 aliphatic heterocycles. The second-order valence-electron chi connectivity index (χ2n) is 7.99. The third-order valence-corrected chi connectivity index (χ3v) is 5.47. The van der Waals surface area contributed by atoms with E-state index in [-0.39, 0.29) is 29.9 Å². The average molecular weight is 537 g/mol. The third kappa shape index (κ3) is 7.84. The number of guanidine groups is 1. The number of carbonyl (C=O) groups is 1. The highest BCUT2D eigenvalue weighted by molar-refractivity contribution is 14.0. The fraction of sp³-hybridized carbons (Fsp3) is 0.478. The maximum Gasteiger partial charge on any atom is 0.234 e. The molecule has 0 unspecified atom stereocenters. The predicted octanol–water partition coefficient (Wildman–Crippen LogP) is 2.48. The molecule has 0 atom stereocenters. The molecule has 168 valence electrons. The smallest absolute Gasteiger partial charge is 0.234 e. The van der Waals surface area contributed by atoms with Crippen LogP contribution in [0.4, 0.5) is 0 Å². The van der Waals surface area contributed by atoms with Crippen molar-refractivity contribution < 1.29 is 9.21 Å². The van der Waals surface area contributed by atoms with Crippen LogP contribution >= 0.6 is 24.0 Å². The van der Waals surface area contributed by atoms with Gasteiger partial charge in [0, 0.05) is 45.2 Å². The topological polar surface area (TPSA) is 73.1 Å². The molecule has 1 saturated carbocycles. The van der Waals surface area contributed by atoms with Crippen molar-refractivity contribution >= 4 is 35.8 Å². The van der Waals surface area contributed by atoms with E-state index in [2.05, 4.69) is 32.6 Å². The SMILES string of the molecule is I.O=C(CN1CCN(C(=NCc2ccccc2)NCCc2ccco2)CC1)NC1CC1. The first-order valence-corrected chi connectivity index (χ1v) is 10.9. The Morgan fingerprint density at radius 1 is 1.06 bits per heavy atom. The average Bonchev–Trinajstić information content (AvgIpc) is 3.42. The van der Waals surface area contributed by atoms with Crippen molar-refractivity contribution in [1.29, 1.82) is 0 Å². The van der Waals surface area contributed by atoms with Crippen LogP contribution < -0.4 is 10.6 Å². The van der Waals surface area contributed by atoms with Crippen molar-refractivity contribution in [2.24, 2.45) is 4.99 Å². The second-order valence-corrected chi connectivity index (χ2v) is 7.99. The van der Waals surface area contributed by atoms with Gasteiger partial charge < -0.3 is 20.0 Å². The number of nitrogens with one attached hydrogen (secondary N) is 2. The highest BCUT2D eigenvalue weighted by atomic mass is 127. The maximum absolute atomic E-state index is 12.1. The van der Waals surface area contributed by atoms with Gasteiger partial charge in [-0.15, -0.1) is 24.0 Å². The first-order valence-electron chi connectivity index (χ1n) is 10.9. The van der Waals surface area contributed by atoms with Crippen molar-refractivity contribution in [1.82, 2.24) is 20.4 Å². The zero-order valence-electron chi connectivity index (χ0n) is 17.8. The van der Waals surface area contributed by atoms with Gasteiger partial charge in [-0.3, -0.25) is 9.69 Å². The summed E-state index contributed by atoms with van der Waals surface area (Å²) in [6.45, 7) is 5.35. The summed E-state index contributed by atoms with van der Waals surface area (Å²) in [6, 6.07) is 14.6. The summed E-state index contributed by atoms with van der Waals surface area (Å²) in [6.07, 6.45) is 4.78. The summed E-state index contributed by atoms with van der Waals surface area (Å²) in [5.74, 6) is 2.05. The van der Waals surface area contributed by atoms with E-state index in [1.54, 1.807) is 6.26 Å². The van der Waals surface area contributed by atoms with Gasteiger partial charge in [0.15, 0.2) is 5.96 Å². The fourth-order valence-electron chi connectivity index (χ4n) is 3.59. The van der Waals surface area contributed by atoms with E-state index in [1.807, 2.05) is 30.3 Å². The Kier molecular flexibility index (Phi) is 9.20. The minimum absolute atomic E-state index is 0. The highest BCUT2D eigenvalue weighted by Crippen LogP contribution is 2.18. The number of hydrogen-bond acceptors (Lipinski definition) is 4. The van der Waals surface area contributed by atoms with Gasteiger partial charge in [0.2, 0.25) is 5.91 Å². The summed E-state index contributed by atoms with van der Waals surface area (Å²) < 4.78 is 5.43. The summed E-state index contributed by atoms with van der Waals surface area (Å²) in [7, 11) is 0. The number of furan rings is 1. The van der Waals surface area contributed by atoms with Gasteiger partial charge in [0.1, 0.15) is 5.76 Å². The molecule has 31 heavy (non-hydrogen) atoms. The van der Waals surface area contributed by atoms with Crippen LogP contribution in [-0.2, 0) is 17.8 Å². The number of rotatable bonds is 8. The van der Waals surface area contributed by atoms with Gasteiger partial charge in [-0.25, -0.2) is 4.99 Å². The van der Waals surface area contributed by atoms with Crippen molar-refractivity contribution in [2.75, 3.05) is 39.3 Å². The zero-order chi connectivity index (χ0) is 20.6. The molecule has 1 aromatic heterocycles. The molecule has 7 nitrogen and oxygen atoms in total. The first-order chi connectivity index (χ1) is 14.8. The minimum Gasteiger partial charge on any atom is -0.469 e. The summed E-state index contributed by atoms with van der Waals surface area (Å²) in [5.41, 5.74) is 1.19. The van der Waals surface area contributed by atoms with Gasteiger partial charge in [-0.2, -0.15) is 0 Å². The Morgan fingerprint density at radius 2 is 1.84 bits per heavy atom. The van der Waals surface area contributed by atoms with Gasteiger partial charge in [-0.1, -0.05) is 30.3 Å². The largest absolute Gasteiger partial charge is 0.469 e. The van der Waals surface area contributed by atoms with E-state index in [4.69, 9.17) is 9.41 Å². The van der Waals surface area contributed by atoms with E-state index in [0.29, 0.717) is 19.1 Å². The lowest BCUT2D eigenvalue weighted by Gasteiger charge is -2.36. The number of hydrogen-bond donors (Lipinski definition) is 2. The molecule has 0 spiro atoms. The van der Waals surface area contributed by atoms with Crippen LogP contribution in [-0.4, -0.2) is 67.0 Å². The molecule has 1 aliphatic carbocycles. The highest BCUT2D eigenvalue weighted by Gasteiger charge is 2.26. The lowest BCUT2D eigenvalue weighted by molar-refractivity contribution is -0.122. The second kappa shape index (κ2) is 12.1. The molecule has 2 aromatic rings. The molecule has 1 amide bonds. The van der Waals surface area contributed by atoms with E-state index >= 15 is 0 Å². The van der Waals surface area contributed by atoms with E-state index < -0.39 is 0 Å².